The molecule has 0 radical (unpaired) electrons. The van der Waals surface area contributed by atoms with Gasteiger partial charge in [0.15, 0.2) is 5.76 Å². The standard InChI is InChI=1S/C17H25N3O3/c1-18(2)10-11-19-9-7-17(16(19)22)6-4-8-20(13-17)15(21)14-5-3-12-23-14/h3,5,12H,4,6-11,13H2,1-2H3. The largest absolute Gasteiger partial charge is 0.459 e. The number of carbonyl (C=O) groups is 2. The Labute approximate surface area is 137 Å². The normalized spacial score (nSPS) is 24.9. The lowest BCUT2D eigenvalue weighted by Crippen LogP contribution is -2.50. The molecule has 0 N–H and O–H groups in total. The third-order valence-corrected chi connectivity index (χ3v) is 5.01. The van der Waals surface area contributed by atoms with E-state index < -0.39 is 0 Å². The third-order valence-electron chi connectivity index (χ3n) is 5.01. The molecule has 2 amide bonds. The summed E-state index contributed by atoms with van der Waals surface area (Å²) < 4.78 is 5.22. The van der Waals surface area contributed by atoms with E-state index in [1.54, 1.807) is 17.0 Å². The van der Waals surface area contributed by atoms with Gasteiger partial charge in [-0.1, -0.05) is 0 Å². The van der Waals surface area contributed by atoms with Crippen LogP contribution in [0.15, 0.2) is 22.8 Å². The van der Waals surface area contributed by atoms with Crippen molar-refractivity contribution in [2.45, 2.75) is 19.3 Å². The number of furan rings is 1. The molecule has 6 heteroatoms. The van der Waals surface area contributed by atoms with Gasteiger partial charge in [0.1, 0.15) is 0 Å². The van der Waals surface area contributed by atoms with Crippen molar-refractivity contribution in [1.29, 1.82) is 0 Å². The van der Waals surface area contributed by atoms with Crippen LogP contribution in [0.3, 0.4) is 0 Å². The smallest absolute Gasteiger partial charge is 0.289 e. The minimum atomic E-state index is -0.382. The maximum Gasteiger partial charge on any atom is 0.289 e. The van der Waals surface area contributed by atoms with E-state index in [2.05, 4.69) is 4.90 Å². The molecular weight excluding hydrogens is 294 g/mol. The number of piperidine rings is 1. The molecule has 1 atom stereocenters. The first-order valence-corrected chi connectivity index (χ1v) is 8.29. The van der Waals surface area contributed by atoms with E-state index in [0.29, 0.717) is 18.8 Å². The third kappa shape index (κ3) is 3.13. The second-order valence-electron chi connectivity index (χ2n) is 6.93. The number of hydrogen-bond acceptors (Lipinski definition) is 4. The lowest BCUT2D eigenvalue weighted by atomic mass is 9.78. The molecule has 1 unspecified atom stereocenters. The minimum Gasteiger partial charge on any atom is -0.459 e. The van der Waals surface area contributed by atoms with Gasteiger partial charge in [-0.3, -0.25) is 9.59 Å². The van der Waals surface area contributed by atoms with Crippen molar-refractivity contribution in [3.8, 4) is 0 Å². The van der Waals surface area contributed by atoms with Crippen LogP contribution in [-0.4, -0.2) is 73.3 Å². The molecule has 2 fully saturated rings. The van der Waals surface area contributed by atoms with E-state index >= 15 is 0 Å². The Balaban J connectivity index is 1.68. The van der Waals surface area contributed by atoms with Crippen molar-refractivity contribution >= 4 is 11.8 Å². The van der Waals surface area contributed by atoms with Gasteiger partial charge in [-0.25, -0.2) is 0 Å². The zero-order chi connectivity index (χ0) is 16.4. The van der Waals surface area contributed by atoms with Crippen molar-refractivity contribution in [1.82, 2.24) is 14.7 Å². The van der Waals surface area contributed by atoms with E-state index in [4.69, 9.17) is 4.42 Å². The SMILES string of the molecule is CN(C)CCN1CCC2(CCCN(C(=O)c3ccco3)C2)C1=O. The second kappa shape index (κ2) is 6.35. The lowest BCUT2D eigenvalue weighted by molar-refractivity contribution is -0.138. The molecular formula is C17H25N3O3. The van der Waals surface area contributed by atoms with Crippen molar-refractivity contribution in [2.75, 3.05) is 46.8 Å². The summed E-state index contributed by atoms with van der Waals surface area (Å²) >= 11 is 0. The highest BCUT2D eigenvalue weighted by molar-refractivity contribution is 5.93. The molecule has 126 valence electrons. The summed E-state index contributed by atoms with van der Waals surface area (Å²) in [6.45, 7) is 3.65. The van der Waals surface area contributed by atoms with Gasteiger partial charge in [-0.15, -0.1) is 0 Å². The van der Waals surface area contributed by atoms with Gasteiger partial charge in [-0.2, -0.15) is 0 Å². The van der Waals surface area contributed by atoms with Crippen LogP contribution in [0, 0.1) is 5.41 Å². The van der Waals surface area contributed by atoms with Gasteiger partial charge >= 0.3 is 0 Å². The molecule has 23 heavy (non-hydrogen) atoms. The Morgan fingerprint density at radius 1 is 1.35 bits per heavy atom. The van der Waals surface area contributed by atoms with Crippen LogP contribution < -0.4 is 0 Å². The van der Waals surface area contributed by atoms with Gasteiger partial charge in [0.2, 0.25) is 5.91 Å². The summed E-state index contributed by atoms with van der Waals surface area (Å²) in [5.74, 6) is 0.474. The van der Waals surface area contributed by atoms with E-state index in [-0.39, 0.29) is 17.2 Å². The summed E-state index contributed by atoms with van der Waals surface area (Å²) in [6.07, 6.45) is 4.11. The van der Waals surface area contributed by atoms with Crippen LogP contribution in [0.1, 0.15) is 29.8 Å². The van der Waals surface area contributed by atoms with Gasteiger partial charge < -0.3 is 19.1 Å². The Morgan fingerprint density at radius 2 is 2.17 bits per heavy atom. The molecule has 6 nitrogen and oxygen atoms in total. The molecule has 0 bridgehead atoms. The fourth-order valence-corrected chi connectivity index (χ4v) is 3.67. The summed E-state index contributed by atoms with van der Waals surface area (Å²) in [6, 6.07) is 3.40. The Morgan fingerprint density at radius 3 is 2.87 bits per heavy atom. The fraction of sp³-hybridized carbons (Fsp3) is 0.647. The lowest BCUT2D eigenvalue weighted by Gasteiger charge is -2.38. The first-order chi connectivity index (χ1) is 11.0. The molecule has 3 heterocycles. The van der Waals surface area contributed by atoms with Crippen LogP contribution >= 0.6 is 0 Å². The molecule has 1 aromatic heterocycles. The Bertz CT molecular complexity index is 570. The van der Waals surface area contributed by atoms with Gasteiger partial charge in [0.05, 0.1) is 11.7 Å². The molecule has 1 aromatic rings. The first kappa shape index (κ1) is 16.1. The number of likely N-dealkylation sites (N-methyl/N-ethyl adjacent to an activating group) is 1. The maximum absolute atomic E-state index is 12.9. The van der Waals surface area contributed by atoms with Crippen LogP contribution in [-0.2, 0) is 4.79 Å². The predicted octanol–water partition coefficient (Wildman–Crippen LogP) is 1.30. The highest BCUT2D eigenvalue weighted by Gasteiger charge is 2.49. The second-order valence-corrected chi connectivity index (χ2v) is 6.93. The van der Waals surface area contributed by atoms with E-state index in [1.165, 1.54) is 6.26 Å². The summed E-state index contributed by atoms with van der Waals surface area (Å²) in [5, 5.41) is 0. The molecule has 2 aliphatic heterocycles. The van der Waals surface area contributed by atoms with Crippen molar-refractivity contribution in [2.24, 2.45) is 5.41 Å². The zero-order valence-electron chi connectivity index (χ0n) is 14.0. The number of rotatable bonds is 4. The topological polar surface area (TPSA) is 57.0 Å². The monoisotopic (exact) mass is 319 g/mol. The predicted molar refractivity (Wildman–Crippen MR) is 86.0 cm³/mol. The average Bonchev–Trinajstić information content (AvgIpc) is 3.16. The zero-order valence-corrected chi connectivity index (χ0v) is 14.0. The van der Waals surface area contributed by atoms with Gasteiger partial charge in [-0.05, 0) is 45.5 Å². The van der Waals surface area contributed by atoms with E-state index in [9.17, 15) is 9.59 Å². The summed E-state index contributed by atoms with van der Waals surface area (Å²) in [4.78, 5) is 31.2. The van der Waals surface area contributed by atoms with Crippen molar-refractivity contribution in [3.05, 3.63) is 24.2 Å². The van der Waals surface area contributed by atoms with Crippen LogP contribution in [0.2, 0.25) is 0 Å². The molecule has 0 aliphatic carbocycles. The first-order valence-electron chi connectivity index (χ1n) is 8.29. The highest BCUT2D eigenvalue weighted by atomic mass is 16.3. The van der Waals surface area contributed by atoms with Crippen LogP contribution in [0.25, 0.3) is 0 Å². The molecule has 1 spiro atoms. The molecule has 2 saturated heterocycles. The van der Waals surface area contributed by atoms with Crippen molar-refractivity contribution in [3.63, 3.8) is 0 Å². The average molecular weight is 319 g/mol. The molecule has 3 rings (SSSR count). The Kier molecular flexibility index (Phi) is 4.43. The number of amides is 2. The summed E-state index contributed by atoms with van der Waals surface area (Å²) in [5.41, 5.74) is -0.382. The van der Waals surface area contributed by atoms with Gasteiger partial charge in [0, 0.05) is 32.7 Å². The van der Waals surface area contributed by atoms with Crippen molar-refractivity contribution < 1.29 is 14.0 Å². The number of carbonyl (C=O) groups excluding carboxylic acids is 2. The number of nitrogens with zero attached hydrogens (tertiary/aromatic N) is 3. The number of hydrogen-bond donors (Lipinski definition) is 0. The van der Waals surface area contributed by atoms with E-state index in [1.807, 2.05) is 19.0 Å². The Hall–Kier alpha value is -1.82. The van der Waals surface area contributed by atoms with E-state index in [0.717, 1.165) is 38.9 Å². The van der Waals surface area contributed by atoms with Crippen LogP contribution in [0.4, 0.5) is 0 Å². The minimum absolute atomic E-state index is 0.103. The molecule has 0 aromatic carbocycles. The molecule has 0 saturated carbocycles. The maximum atomic E-state index is 12.9. The van der Waals surface area contributed by atoms with Crippen LogP contribution in [0.5, 0.6) is 0 Å². The quantitative estimate of drug-likeness (QED) is 0.839. The highest BCUT2D eigenvalue weighted by Crippen LogP contribution is 2.40. The van der Waals surface area contributed by atoms with Gasteiger partial charge in [0.25, 0.3) is 5.91 Å². The molecule has 2 aliphatic rings. The fourth-order valence-electron chi connectivity index (χ4n) is 3.67. The number of likely N-dealkylation sites (tertiary alicyclic amines) is 2. The summed E-state index contributed by atoms with van der Waals surface area (Å²) in [7, 11) is 4.03.